The van der Waals surface area contributed by atoms with Crippen LogP contribution in [0.1, 0.15) is 23.2 Å². The van der Waals surface area contributed by atoms with E-state index in [2.05, 4.69) is 15.3 Å². The largest absolute Gasteiger partial charge is 0.464 e. The third kappa shape index (κ3) is 4.17. The first-order valence-electron chi connectivity index (χ1n) is 10.9. The molecule has 5 aromatic rings. The number of imidazole rings is 1. The van der Waals surface area contributed by atoms with E-state index in [1.807, 2.05) is 43.3 Å². The minimum absolute atomic E-state index is 0.106. The number of hydrogen-bond donors (Lipinski definition) is 2. The van der Waals surface area contributed by atoms with Crippen molar-refractivity contribution in [3.63, 3.8) is 0 Å². The van der Waals surface area contributed by atoms with Crippen LogP contribution in [0.4, 0.5) is 0 Å². The van der Waals surface area contributed by atoms with E-state index >= 15 is 0 Å². The Morgan fingerprint density at radius 3 is 2.73 bits per heavy atom. The second kappa shape index (κ2) is 8.78. The Kier molecular flexibility index (Phi) is 5.52. The lowest BCUT2D eigenvalue weighted by molar-refractivity contribution is -0.121. The zero-order valence-corrected chi connectivity index (χ0v) is 18.2. The van der Waals surface area contributed by atoms with E-state index in [1.54, 1.807) is 24.9 Å². The lowest BCUT2D eigenvalue weighted by Gasteiger charge is -2.09. The molecule has 0 bridgehead atoms. The van der Waals surface area contributed by atoms with Gasteiger partial charge in [-0.2, -0.15) is 0 Å². The van der Waals surface area contributed by atoms with Crippen LogP contribution in [-0.4, -0.2) is 22.4 Å². The maximum absolute atomic E-state index is 12.7. The van der Waals surface area contributed by atoms with Crippen LogP contribution in [0.3, 0.4) is 0 Å². The van der Waals surface area contributed by atoms with Crippen LogP contribution in [0.2, 0.25) is 0 Å². The Morgan fingerprint density at radius 1 is 1.09 bits per heavy atom. The number of benzene rings is 2. The van der Waals surface area contributed by atoms with Crippen molar-refractivity contribution in [2.45, 2.75) is 26.2 Å². The molecule has 7 nitrogen and oxygen atoms in total. The molecule has 0 atom stereocenters. The fraction of sp³-hybridized carbons (Fsp3) is 0.192. The van der Waals surface area contributed by atoms with Crippen molar-refractivity contribution < 1.29 is 13.6 Å². The molecule has 2 N–H and O–H groups in total. The van der Waals surface area contributed by atoms with Crippen molar-refractivity contribution in [2.24, 2.45) is 0 Å². The minimum atomic E-state index is -0.417. The molecule has 2 aromatic carbocycles. The first-order chi connectivity index (χ1) is 16.1. The van der Waals surface area contributed by atoms with Crippen LogP contribution in [-0.2, 0) is 17.6 Å². The molecule has 166 valence electrons. The van der Waals surface area contributed by atoms with E-state index in [9.17, 15) is 9.59 Å². The van der Waals surface area contributed by atoms with E-state index in [4.69, 9.17) is 8.83 Å². The van der Waals surface area contributed by atoms with E-state index < -0.39 is 5.63 Å². The molecule has 0 aliphatic rings. The summed E-state index contributed by atoms with van der Waals surface area (Å²) in [4.78, 5) is 31.9. The third-order valence-corrected chi connectivity index (χ3v) is 5.94. The molecule has 0 radical (unpaired) electrons. The number of fused-ring (bicyclic) bond motifs is 2. The first kappa shape index (κ1) is 20.8. The van der Waals surface area contributed by atoms with Crippen LogP contribution in [0.25, 0.3) is 33.1 Å². The Bertz CT molecular complexity index is 1480. The number of carbonyl (C=O) groups excluding carboxylic acids is 1. The van der Waals surface area contributed by atoms with Crippen LogP contribution < -0.4 is 10.9 Å². The van der Waals surface area contributed by atoms with Crippen LogP contribution in [0, 0.1) is 6.92 Å². The van der Waals surface area contributed by atoms with E-state index in [0.29, 0.717) is 36.1 Å². The summed E-state index contributed by atoms with van der Waals surface area (Å²) < 4.78 is 11.3. The molecule has 0 unspecified atom stereocenters. The minimum Gasteiger partial charge on any atom is -0.464 e. The van der Waals surface area contributed by atoms with Gasteiger partial charge in [-0.25, -0.2) is 9.78 Å². The second-order valence-corrected chi connectivity index (χ2v) is 8.03. The highest BCUT2D eigenvalue weighted by atomic mass is 16.4. The molecule has 0 spiro atoms. The van der Waals surface area contributed by atoms with Gasteiger partial charge < -0.3 is 19.1 Å². The number of rotatable bonds is 7. The lowest BCUT2D eigenvalue weighted by Crippen LogP contribution is -2.26. The fourth-order valence-electron chi connectivity index (χ4n) is 4.13. The molecule has 1 amide bonds. The van der Waals surface area contributed by atoms with Gasteiger partial charge in [0.2, 0.25) is 5.91 Å². The molecular weight excluding hydrogens is 418 g/mol. The van der Waals surface area contributed by atoms with Gasteiger partial charge in [0.15, 0.2) is 0 Å². The van der Waals surface area contributed by atoms with Crippen molar-refractivity contribution in [3.05, 3.63) is 88.5 Å². The highest BCUT2D eigenvalue weighted by Crippen LogP contribution is 2.34. The summed E-state index contributed by atoms with van der Waals surface area (Å²) in [5, 5.41) is 4.68. The molecule has 0 fully saturated rings. The Morgan fingerprint density at radius 2 is 1.94 bits per heavy atom. The smallest absolute Gasteiger partial charge is 0.339 e. The van der Waals surface area contributed by atoms with Gasteiger partial charge in [-0.05, 0) is 30.5 Å². The number of aromatic nitrogens is 2. The van der Waals surface area contributed by atoms with E-state index in [-0.39, 0.29) is 12.3 Å². The number of nitrogens with one attached hydrogen (secondary N) is 2. The van der Waals surface area contributed by atoms with Gasteiger partial charge in [0.1, 0.15) is 11.2 Å². The number of carbonyl (C=O) groups is 1. The van der Waals surface area contributed by atoms with Gasteiger partial charge >= 0.3 is 5.63 Å². The maximum atomic E-state index is 12.7. The number of aryl methyl sites for hydroxylation is 1. The lowest BCUT2D eigenvalue weighted by atomic mass is 9.99. The summed E-state index contributed by atoms with van der Waals surface area (Å²) in [6, 6.07) is 13.8. The van der Waals surface area contributed by atoms with Gasteiger partial charge in [0.25, 0.3) is 0 Å². The van der Waals surface area contributed by atoms with Gasteiger partial charge in [-0.3, -0.25) is 4.79 Å². The fourth-order valence-corrected chi connectivity index (χ4v) is 4.13. The van der Waals surface area contributed by atoms with Crippen molar-refractivity contribution in [1.29, 1.82) is 0 Å². The van der Waals surface area contributed by atoms with Gasteiger partial charge in [-0.1, -0.05) is 30.3 Å². The van der Waals surface area contributed by atoms with Gasteiger partial charge in [-0.15, -0.1) is 0 Å². The first-order valence-corrected chi connectivity index (χ1v) is 10.9. The zero-order chi connectivity index (χ0) is 22.8. The average Bonchev–Trinajstić information content (AvgIpc) is 3.48. The highest BCUT2D eigenvalue weighted by Gasteiger charge is 2.16. The molecule has 5 rings (SSSR count). The van der Waals surface area contributed by atoms with Crippen molar-refractivity contribution in [1.82, 2.24) is 15.3 Å². The van der Waals surface area contributed by atoms with Crippen molar-refractivity contribution in [3.8, 4) is 11.1 Å². The SMILES string of the molecule is Cc1c(CCC(=O)NCCc2cnc[nH]2)c(=O)oc2cc3occ(-c4ccccc4)c3cc12. The topological polar surface area (TPSA) is 101 Å². The monoisotopic (exact) mass is 441 g/mol. The highest BCUT2D eigenvalue weighted by molar-refractivity contribution is 6.02. The molecule has 3 aromatic heterocycles. The Labute approximate surface area is 189 Å². The van der Waals surface area contributed by atoms with Crippen LogP contribution in [0.5, 0.6) is 0 Å². The molecule has 0 aliphatic carbocycles. The quantitative estimate of drug-likeness (QED) is 0.362. The number of H-pyrrole nitrogens is 1. The van der Waals surface area contributed by atoms with Crippen molar-refractivity contribution in [2.75, 3.05) is 6.54 Å². The van der Waals surface area contributed by atoms with E-state index in [0.717, 1.165) is 33.2 Å². The van der Waals surface area contributed by atoms with Crippen LogP contribution >= 0.6 is 0 Å². The van der Waals surface area contributed by atoms with Crippen LogP contribution in [0.15, 0.2) is 74.9 Å². The number of hydrogen-bond acceptors (Lipinski definition) is 5. The zero-order valence-electron chi connectivity index (χ0n) is 18.2. The number of nitrogens with zero attached hydrogens (tertiary/aromatic N) is 1. The van der Waals surface area contributed by atoms with Crippen molar-refractivity contribution >= 4 is 27.8 Å². The summed E-state index contributed by atoms with van der Waals surface area (Å²) in [5.74, 6) is -0.106. The standard InChI is InChI=1S/C26H23N3O4/c1-16-19(7-8-25(30)28-10-9-18-13-27-15-29-18)26(31)33-24-12-23-21(11-20(16)24)22(14-32-23)17-5-3-2-4-6-17/h2-6,11-15H,7-10H2,1H3,(H,27,29)(H,28,30). The predicted octanol–water partition coefficient (Wildman–Crippen LogP) is 4.53. The summed E-state index contributed by atoms with van der Waals surface area (Å²) in [6.07, 6.45) is 6.27. The summed E-state index contributed by atoms with van der Waals surface area (Å²) in [6.45, 7) is 2.41. The summed E-state index contributed by atoms with van der Waals surface area (Å²) in [7, 11) is 0. The van der Waals surface area contributed by atoms with Gasteiger partial charge in [0, 0.05) is 59.2 Å². The Hall–Kier alpha value is -4.13. The molecule has 3 heterocycles. The van der Waals surface area contributed by atoms with Gasteiger partial charge in [0.05, 0.1) is 12.6 Å². The molecule has 7 heteroatoms. The third-order valence-electron chi connectivity index (χ3n) is 5.94. The molecule has 0 saturated heterocycles. The molecule has 33 heavy (non-hydrogen) atoms. The average molecular weight is 441 g/mol. The Balaban J connectivity index is 1.39. The summed E-state index contributed by atoms with van der Waals surface area (Å²) in [5.41, 5.74) is 5.07. The molecule has 0 aliphatic heterocycles. The second-order valence-electron chi connectivity index (χ2n) is 8.03. The van der Waals surface area contributed by atoms with E-state index in [1.165, 1.54) is 0 Å². The number of amides is 1. The number of aromatic amines is 1. The predicted molar refractivity (Wildman–Crippen MR) is 126 cm³/mol. The molecular formula is C26H23N3O4. The summed E-state index contributed by atoms with van der Waals surface area (Å²) >= 11 is 0. The maximum Gasteiger partial charge on any atom is 0.339 e. The molecule has 0 saturated carbocycles. The normalized spacial score (nSPS) is 11.3. The number of furan rings is 1.